The molecular weight excluding hydrogens is 318 g/mol. The van der Waals surface area contributed by atoms with Gasteiger partial charge in [0.1, 0.15) is 5.75 Å². The van der Waals surface area contributed by atoms with Gasteiger partial charge in [0.15, 0.2) is 0 Å². The predicted molar refractivity (Wildman–Crippen MR) is 97.0 cm³/mol. The first kappa shape index (κ1) is 18.5. The fourth-order valence-corrected chi connectivity index (χ4v) is 2.22. The summed E-state index contributed by atoms with van der Waals surface area (Å²) in [5, 5.41) is 2.82. The van der Waals surface area contributed by atoms with Crippen LogP contribution in [0.25, 0.3) is 0 Å². The quantitative estimate of drug-likeness (QED) is 0.585. The number of anilines is 1. The summed E-state index contributed by atoms with van der Waals surface area (Å²) in [6, 6.07) is 14.0. The minimum Gasteiger partial charge on any atom is -0.497 e. The Balaban J connectivity index is 1.87. The lowest BCUT2D eigenvalue weighted by atomic mass is 10.1. The number of carbonyl (C=O) groups excluding carboxylic acids is 2. The van der Waals surface area contributed by atoms with Gasteiger partial charge in [-0.2, -0.15) is 0 Å². The highest BCUT2D eigenvalue weighted by molar-refractivity contribution is 5.94. The molecule has 0 unspecified atom stereocenters. The maximum Gasteiger partial charge on any atom is 0.338 e. The van der Waals surface area contributed by atoms with E-state index in [4.69, 9.17) is 9.47 Å². The van der Waals surface area contributed by atoms with Crippen molar-refractivity contribution in [1.82, 2.24) is 0 Å². The van der Waals surface area contributed by atoms with Gasteiger partial charge in [-0.15, -0.1) is 0 Å². The first-order valence-corrected chi connectivity index (χ1v) is 8.32. The molecule has 0 aliphatic rings. The van der Waals surface area contributed by atoms with E-state index in [1.807, 2.05) is 31.2 Å². The molecule has 5 nitrogen and oxygen atoms in total. The van der Waals surface area contributed by atoms with Crippen LogP contribution in [0.5, 0.6) is 5.75 Å². The molecule has 0 bridgehead atoms. The fraction of sp³-hybridized carbons (Fsp3) is 0.300. The molecule has 0 radical (unpaired) electrons. The topological polar surface area (TPSA) is 64.6 Å². The van der Waals surface area contributed by atoms with E-state index in [9.17, 15) is 9.59 Å². The molecule has 0 aliphatic heterocycles. The second kappa shape index (κ2) is 9.47. The van der Waals surface area contributed by atoms with E-state index >= 15 is 0 Å². The Morgan fingerprint density at radius 3 is 2.28 bits per heavy atom. The van der Waals surface area contributed by atoms with E-state index in [1.165, 1.54) is 0 Å². The van der Waals surface area contributed by atoms with E-state index in [1.54, 1.807) is 31.4 Å². The first-order valence-electron chi connectivity index (χ1n) is 8.32. The van der Waals surface area contributed by atoms with Gasteiger partial charge < -0.3 is 14.8 Å². The maximum absolute atomic E-state index is 12.1. The number of ether oxygens (including phenoxy) is 2. The zero-order chi connectivity index (χ0) is 18.1. The lowest BCUT2D eigenvalue weighted by molar-refractivity contribution is -0.115. The van der Waals surface area contributed by atoms with Crippen LogP contribution in [-0.2, 0) is 16.0 Å². The van der Waals surface area contributed by atoms with Crippen molar-refractivity contribution in [3.8, 4) is 5.75 Å². The molecule has 25 heavy (non-hydrogen) atoms. The Kier molecular flexibility index (Phi) is 7.01. The summed E-state index contributed by atoms with van der Waals surface area (Å²) in [6.07, 6.45) is 2.10. The molecular formula is C20H23NO4. The summed E-state index contributed by atoms with van der Waals surface area (Å²) in [6.45, 7) is 2.47. The fourth-order valence-electron chi connectivity index (χ4n) is 2.22. The number of unbranched alkanes of at least 4 members (excludes halogenated alkanes) is 1. The van der Waals surface area contributed by atoms with Gasteiger partial charge in [0.05, 0.1) is 25.7 Å². The van der Waals surface area contributed by atoms with Crippen molar-refractivity contribution in [2.45, 2.75) is 26.2 Å². The Bertz CT molecular complexity index is 693. The zero-order valence-electron chi connectivity index (χ0n) is 14.6. The molecule has 1 N–H and O–H groups in total. The van der Waals surface area contributed by atoms with Crippen LogP contribution < -0.4 is 10.1 Å². The largest absolute Gasteiger partial charge is 0.497 e. The third-order valence-corrected chi connectivity index (χ3v) is 3.66. The summed E-state index contributed by atoms with van der Waals surface area (Å²) in [7, 11) is 1.60. The summed E-state index contributed by atoms with van der Waals surface area (Å²) in [5.74, 6) is 0.290. The number of methoxy groups -OCH3 is 1. The highest BCUT2D eigenvalue weighted by Crippen LogP contribution is 2.14. The lowest BCUT2D eigenvalue weighted by Crippen LogP contribution is -2.14. The molecule has 0 fully saturated rings. The Hall–Kier alpha value is -2.82. The molecule has 1 amide bonds. The normalized spacial score (nSPS) is 10.2. The van der Waals surface area contributed by atoms with Crippen molar-refractivity contribution in [1.29, 1.82) is 0 Å². The second-order valence-corrected chi connectivity index (χ2v) is 5.64. The molecule has 0 heterocycles. The summed E-state index contributed by atoms with van der Waals surface area (Å²) < 4.78 is 10.2. The van der Waals surface area contributed by atoms with Gasteiger partial charge in [0, 0.05) is 5.69 Å². The van der Waals surface area contributed by atoms with E-state index in [-0.39, 0.29) is 18.3 Å². The smallest absolute Gasteiger partial charge is 0.338 e. The number of rotatable bonds is 8. The molecule has 132 valence electrons. The van der Waals surface area contributed by atoms with Crippen molar-refractivity contribution in [2.24, 2.45) is 0 Å². The Morgan fingerprint density at radius 2 is 1.68 bits per heavy atom. The molecule has 0 saturated heterocycles. The average Bonchev–Trinajstić information content (AvgIpc) is 2.63. The van der Waals surface area contributed by atoms with E-state index < -0.39 is 0 Å². The molecule has 5 heteroatoms. The van der Waals surface area contributed by atoms with Crippen LogP contribution in [0.15, 0.2) is 48.5 Å². The van der Waals surface area contributed by atoms with Gasteiger partial charge >= 0.3 is 5.97 Å². The Labute approximate surface area is 148 Å². The van der Waals surface area contributed by atoms with Crippen molar-refractivity contribution >= 4 is 17.6 Å². The number of nitrogens with one attached hydrogen (secondary N) is 1. The van der Waals surface area contributed by atoms with Gasteiger partial charge in [-0.3, -0.25) is 4.79 Å². The molecule has 2 rings (SSSR count). The minimum atomic E-state index is -0.343. The summed E-state index contributed by atoms with van der Waals surface area (Å²) in [5.41, 5.74) is 2.02. The van der Waals surface area contributed by atoms with E-state index in [2.05, 4.69) is 5.32 Å². The number of amides is 1. The average molecular weight is 341 g/mol. The van der Waals surface area contributed by atoms with Crippen LogP contribution in [0.2, 0.25) is 0 Å². The van der Waals surface area contributed by atoms with Crippen molar-refractivity contribution in [3.63, 3.8) is 0 Å². The van der Waals surface area contributed by atoms with E-state index in [0.29, 0.717) is 17.9 Å². The molecule has 0 atom stereocenters. The van der Waals surface area contributed by atoms with Crippen LogP contribution in [0, 0.1) is 0 Å². The van der Waals surface area contributed by atoms with Gasteiger partial charge in [-0.05, 0) is 48.4 Å². The van der Waals surface area contributed by atoms with Crippen LogP contribution in [0.1, 0.15) is 35.7 Å². The van der Waals surface area contributed by atoms with Crippen LogP contribution in [0.3, 0.4) is 0 Å². The van der Waals surface area contributed by atoms with Crippen LogP contribution in [-0.4, -0.2) is 25.6 Å². The zero-order valence-corrected chi connectivity index (χ0v) is 14.6. The van der Waals surface area contributed by atoms with Gasteiger partial charge in [-0.25, -0.2) is 4.79 Å². The molecule has 0 spiro atoms. The van der Waals surface area contributed by atoms with Gasteiger partial charge in [-0.1, -0.05) is 25.5 Å². The summed E-state index contributed by atoms with van der Waals surface area (Å²) in [4.78, 5) is 23.9. The lowest BCUT2D eigenvalue weighted by Gasteiger charge is -2.08. The highest BCUT2D eigenvalue weighted by atomic mass is 16.5. The molecule has 2 aromatic rings. The molecule has 0 aromatic heterocycles. The third-order valence-electron chi connectivity index (χ3n) is 3.66. The molecule has 2 aromatic carbocycles. The Morgan fingerprint density at radius 1 is 1.00 bits per heavy atom. The summed E-state index contributed by atoms with van der Waals surface area (Å²) >= 11 is 0. The number of benzene rings is 2. The maximum atomic E-state index is 12.1. The van der Waals surface area contributed by atoms with Crippen molar-refractivity contribution < 1.29 is 19.1 Å². The predicted octanol–water partition coefficient (Wildman–Crippen LogP) is 3.83. The van der Waals surface area contributed by atoms with Crippen LogP contribution in [0.4, 0.5) is 5.69 Å². The first-order chi connectivity index (χ1) is 12.1. The third kappa shape index (κ3) is 5.95. The number of hydrogen-bond donors (Lipinski definition) is 1. The highest BCUT2D eigenvalue weighted by Gasteiger charge is 2.08. The SMILES string of the molecule is CCCCOC(=O)c1ccc(NC(=O)Cc2ccc(OC)cc2)cc1. The minimum absolute atomic E-state index is 0.122. The van der Waals surface area contributed by atoms with Crippen molar-refractivity contribution in [2.75, 3.05) is 19.0 Å². The van der Waals surface area contributed by atoms with E-state index in [0.717, 1.165) is 24.2 Å². The standard InChI is InChI=1S/C20H23NO4/c1-3-4-13-25-20(23)16-7-9-17(10-8-16)21-19(22)14-15-5-11-18(24-2)12-6-15/h5-12H,3-4,13-14H2,1-2H3,(H,21,22). The number of carbonyl (C=O) groups is 2. The number of esters is 1. The molecule has 0 aliphatic carbocycles. The molecule has 0 saturated carbocycles. The van der Waals surface area contributed by atoms with Gasteiger partial charge in [0.2, 0.25) is 5.91 Å². The number of hydrogen-bond acceptors (Lipinski definition) is 4. The van der Waals surface area contributed by atoms with Gasteiger partial charge in [0.25, 0.3) is 0 Å². The van der Waals surface area contributed by atoms with Crippen LogP contribution >= 0.6 is 0 Å². The second-order valence-electron chi connectivity index (χ2n) is 5.64. The monoisotopic (exact) mass is 341 g/mol. The van der Waals surface area contributed by atoms with Crippen molar-refractivity contribution in [3.05, 3.63) is 59.7 Å².